The Bertz CT molecular complexity index is 1100. The normalized spacial score (nSPS) is 17.7. The number of hydrogen-bond donors (Lipinski definition) is 1. The van der Waals surface area contributed by atoms with Crippen LogP contribution in [0.25, 0.3) is 0 Å². The van der Waals surface area contributed by atoms with Crippen LogP contribution in [0.15, 0.2) is 53.6 Å². The zero-order chi connectivity index (χ0) is 19.8. The van der Waals surface area contributed by atoms with Gasteiger partial charge in [0, 0.05) is 12.1 Å². The lowest BCUT2D eigenvalue weighted by molar-refractivity contribution is 0.374. The minimum Gasteiger partial charge on any atom is -0.284 e. The summed E-state index contributed by atoms with van der Waals surface area (Å²) in [5, 5.41) is 4.24. The van der Waals surface area contributed by atoms with E-state index in [2.05, 4.69) is 9.82 Å². The molecule has 1 aliphatic rings. The Morgan fingerprint density at radius 3 is 2.33 bits per heavy atom. The van der Waals surface area contributed by atoms with Crippen LogP contribution < -0.4 is 4.72 Å². The molecule has 0 saturated carbocycles. The molecule has 1 unspecified atom stereocenters. The summed E-state index contributed by atoms with van der Waals surface area (Å²) in [5.74, 6) is -0.414. The van der Waals surface area contributed by atoms with Gasteiger partial charge in [-0.25, -0.2) is 21.2 Å². The lowest BCUT2D eigenvalue weighted by Gasteiger charge is -2.21. The van der Waals surface area contributed by atoms with Crippen molar-refractivity contribution in [2.75, 3.05) is 17.2 Å². The molecule has 0 bridgehead atoms. The zero-order valence-corrected chi connectivity index (χ0v) is 16.3. The summed E-state index contributed by atoms with van der Waals surface area (Å²) < 4.78 is 63.8. The van der Waals surface area contributed by atoms with Crippen molar-refractivity contribution in [3.63, 3.8) is 0 Å². The maximum atomic E-state index is 13.2. The molecule has 1 atom stereocenters. The molecule has 0 aliphatic carbocycles. The van der Waals surface area contributed by atoms with Gasteiger partial charge in [0.05, 0.1) is 24.3 Å². The van der Waals surface area contributed by atoms with Crippen LogP contribution >= 0.6 is 0 Å². The fourth-order valence-electron chi connectivity index (χ4n) is 2.88. The van der Waals surface area contributed by atoms with Crippen LogP contribution in [0.4, 0.5) is 10.1 Å². The Morgan fingerprint density at radius 1 is 1.07 bits per heavy atom. The highest BCUT2D eigenvalue weighted by Crippen LogP contribution is 2.35. The van der Waals surface area contributed by atoms with Crippen LogP contribution in [-0.4, -0.2) is 39.5 Å². The first-order chi connectivity index (χ1) is 12.5. The number of hydrogen-bond acceptors (Lipinski definition) is 5. The van der Waals surface area contributed by atoms with Crippen LogP contribution in [0, 0.1) is 5.82 Å². The predicted octanol–water partition coefficient (Wildman–Crippen LogP) is 2.31. The van der Waals surface area contributed by atoms with E-state index in [1.807, 2.05) is 0 Å². The molecule has 3 rings (SSSR count). The van der Waals surface area contributed by atoms with Crippen molar-refractivity contribution in [1.82, 2.24) is 4.41 Å². The van der Waals surface area contributed by atoms with E-state index in [4.69, 9.17) is 0 Å². The van der Waals surface area contributed by atoms with Gasteiger partial charge in [0.2, 0.25) is 20.0 Å². The number of nitrogens with zero attached hydrogens (tertiary/aromatic N) is 2. The first-order valence-corrected chi connectivity index (χ1v) is 11.7. The fraction of sp³-hybridized carbons (Fsp3) is 0.235. The summed E-state index contributed by atoms with van der Waals surface area (Å²) in [6.07, 6.45) is 2.38. The van der Waals surface area contributed by atoms with Crippen molar-refractivity contribution in [2.24, 2.45) is 5.10 Å². The number of halogens is 1. The van der Waals surface area contributed by atoms with Crippen LogP contribution in [0.5, 0.6) is 0 Å². The van der Waals surface area contributed by atoms with E-state index in [0.717, 1.165) is 16.9 Å². The highest BCUT2D eigenvalue weighted by atomic mass is 32.2. The van der Waals surface area contributed by atoms with Gasteiger partial charge < -0.3 is 0 Å². The fourth-order valence-corrected chi connectivity index (χ4v) is 4.34. The minimum absolute atomic E-state index is 0.279. The zero-order valence-electron chi connectivity index (χ0n) is 14.6. The average Bonchev–Trinajstić information content (AvgIpc) is 3.00. The van der Waals surface area contributed by atoms with E-state index in [1.54, 1.807) is 24.3 Å². The maximum Gasteiger partial charge on any atom is 0.247 e. The third kappa shape index (κ3) is 4.64. The van der Waals surface area contributed by atoms with Gasteiger partial charge in [0.25, 0.3) is 0 Å². The summed E-state index contributed by atoms with van der Waals surface area (Å²) in [4.78, 5) is 0. The van der Waals surface area contributed by atoms with Crippen molar-refractivity contribution in [3.8, 4) is 0 Å². The largest absolute Gasteiger partial charge is 0.284 e. The molecule has 2 aromatic carbocycles. The van der Waals surface area contributed by atoms with Crippen molar-refractivity contribution >= 4 is 31.4 Å². The van der Waals surface area contributed by atoms with Gasteiger partial charge in [0.1, 0.15) is 5.82 Å². The molecule has 1 aliphatic heterocycles. The number of anilines is 1. The second-order valence-corrected chi connectivity index (χ2v) is 9.90. The number of hydrazone groups is 1. The SMILES string of the molecule is CS(=O)(=O)Nc1cccc(C2=NN(S(C)(=O)=O)C(c3ccc(F)cc3)C2)c1. The molecule has 0 radical (unpaired) electrons. The molecule has 144 valence electrons. The quantitative estimate of drug-likeness (QED) is 0.817. The molecular weight excluding hydrogens is 393 g/mol. The molecule has 0 aromatic heterocycles. The van der Waals surface area contributed by atoms with Gasteiger partial charge in [-0.1, -0.05) is 24.3 Å². The van der Waals surface area contributed by atoms with Crippen molar-refractivity contribution in [3.05, 3.63) is 65.5 Å². The summed E-state index contributed by atoms with van der Waals surface area (Å²) in [7, 11) is -7.09. The lowest BCUT2D eigenvalue weighted by atomic mass is 9.99. The Morgan fingerprint density at radius 2 is 1.74 bits per heavy atom. The Balaban J connectivity index is 1.97. The summed E-state index contributed by atoms with van der Waals surface area (Å²) in [6.45, 7) is 0. The molecule has 10 heteroatoms. The Kier molecular flexibility index (Phi) is 4.96. The first kappa shape index (κ1) is 19.3. The molecule has 1 heterocycles. The van der Waals surface area contributed by atoms with Gasteiger partial charge in [-0.2, -0.15) is 9.52 Å². The van der Waals surface area contributed by atoms with Gasteiger partial charge in [-0.3, -0.25) is 4.72 Å². The molecule has 27 heavy (non-hydrogen) atoms. The summed E-state index contributed by atoms with van der Waals surface area (Å²) in [5.41, 5.74) is 2.06. The number of nitrogens with one attached hydrogen (secondary N) is 1. The minimum atomic E-state index is -3.65. The van der Waals surface area contributed by atoms with Gasteiger partial charge in [-0.15, -0.1) is 0 Å². The third-order valence-corrected chi connectivity index (χ3v) is 5.59. The van der Waals surface area contributed by atoms with Gasteiger partial charge in [-0.05, 0) is 35.4 Å². The third-order valence-electron chi connectivity index (χ3n) is 3.97. The number of benzene rings is 2. The van der Waals surface area contributed by atoms with E-state index < -0.39 is 31.9 Å². The standard InChI is InChI=1S/C17H18FN3O4S2/c1-26(22,23)20-15-5-3-4-13(10-15)16-11-17(21(19-16)27(2,24)25)12-6-8-14(18)9-7-12/h3-10,17,20H,11H2,1-2H3. The topological polar surface area (TPSA) is 95.9 Å². The highest BCUT2D eigenvalue weighted by molar-refractivity contribution is 7.92. The van der Waals surface area contributed by atoms with E-state index in [1.165, 1.54) is 24.3 Å². The molecule has 0 amide bonds. The highest BCUT2D eigenvalue weighted by Gasteiger charge is 2.34. The second kappa shape index (κ2) is 6.93. The Labute approximate surface area is 157 Å². The molecule has 0 spiro atoms. The summed E-state index contributed by atoms with van der Waals surface area (Å²) >= 11 is 0. The van der Waals surface area contributed by atoms with Crippen molar-refractivity contribution in [2.45, 2.75) is 12.5 Å². The maximum absolute atomic E-state index is 13.2. The van der Waals surface area contributed by atoms with Crippen molar-refractivity contribution in [1.29, 1.82) is 0 Å². The van der Waals surface area contributed by atoms with Crippen LogP contribution in [0.1, 0.15) is 23.6 Å². The smallest absolute Gasteiger partial charge is 0.247 e. The molecule has 1 N–H and O–H groups in total. The first-order valence-electron chi connectivity index (χ1n) is 7.93. The molecule has 7 nitrogen and oxygen atoms in total. The van der Waals surface area contributed by atoms with Crippen LogP contribution in [-0.2, 0) is 20.0 Å². The van der Waals surface area contributed by atoms with E-state index in [9.17, 15) is 21.2 Å². The monoisotopic (exact) mass is 411 g/mol. The van der Waals surface area contributed by atoms with E-state index in [-0.39, 0.29) is 6.42 Å². The van der Waals surface area contributed by atoms with Gasteiger partial charge in [0.15, 0.2) is 0 Å². The summed E-state index contributed by atoms with van der Waals surface area (Å²) in [6, 6.07) is 11.5. The molecule has 2 aromatic rings. The van der Waals surface area contributed by atoms with Crippen molar-refractivity contribution < 1.29 is 21.2 Å². The molecular formula is C17H18FN3O4S2. The lowest BCUT2D eigenvalue weighted by Crippen LogP contribution is -2.25. The Hall–Kier alpha value is -2.46. The van der Waals surface area contributed by atoms with Crippen LogP contribution in [0.3, 0.4) is 0 Å². The van der Waals surface area contributed by atoms with E-state index in [0.29, 0.717) is 22.5 Å². The molecule has 0 saturated heterocycles. The number of rotatable bonds is 5. The van der Waals surface area contributed by atoms with Gasteiger partial charge >= 0.3 is 0 Å². The molecule has 0 fully saturated rings. The number of sulfonamides is 2. The second-order valence-electron chi connectivity index (χ2n) is 6.31. The van der Waals surface area contributed by atoms with E-state index >= 15 is 0 Å². The predicted molar refractivity (Wildman–Crippen MR) is 102 cm³/mol. The average molecular weight is 411 g/mol. The van der Waals surface area contributed by atoms with Crippen LogP contribution in [0.2, 0.25) is 0 Å².